The largest absolute Gasteiger partial charge is 0.493 e. The molecule has 0 aliphatic carbocycles. The number of para-hydroxylation sites is 2. The molecule has 0 unspecified atom stereocenters. The Morgan fingerprint density at radius 1 is 1.12 bits per heavy atom. The molecule has 2 rings (SSSR count). The molecule has 88 valence electrons. The molecule has 0 bridgehead atoms. The number of aromatic nitrogens is 2. The van der Waals surface area contributed by atoms with E-state index in [9.17, 15) is 0 Å². The van der Waals surface area contributed by atoms with Gasteiger partial charge in [0.05, 0.1) is 12.8 Å². The molecule has 0 radical (unpaired) electrons. The van der Waals surface area contributed by atoms with Gasteiger partial charge in [-0.2, -0.15) is 0 Å². The summed E-state index contributed by atoms with van der Waals surface area (Å²) in [7, 11) is 1.58. The minimum atomic E-state index is 0.281. The van der Waals surface area contributed by atoms with E-state index in [-0.39, 0.29) is 5.15 Å². The lowest BCUT2D eigenvalue weighted by Gasteiger charge is -2.11. The fourth-order valence-electron chi connectivity index (χ4n) is 1.36. The third-order valence-electron chi connectivity index (χ3n) is 2.22. The highest BCUT2D eigenvalue weighted by Gasteiger charge is 2.11. The molecule has 0 aliphatic heterocycles. The lowest BCUT2D eigenvalue weighted by molar-refractivity contribution is 0.377. The third kappa shape index (κ3) is 2.47. The molecule has 1 heterocycles. The molecule has 0 amide bonds. The Hall–Kier alpha value is -1.81. The molecule has 0 spiro atoms. The normalized spacial score (nSPS) is 10.1. The second-order valence-corrected chi connectivity index (χ2v) is 3.69. The minimum Gasteiger partial charge on any atom is -0.493 e. The lowest BCUT2D eigenvalue weighted by atomic mass is 10.3. The number of hydrogen-bond donors (Lipinski definition) is 0. The van der Waals surface area contributed by atoms with Crippen molar-refractivity contribution in [3.63, 3.8) is 0 Å². The first kappa shape index (κ1) is 11.7. The molecule has 0 fully saturated rings. The molecule has 1 aromatic carbocycles. The van der Waals surface area contributed by atoms with Crippen molar-refractivity contribution in [3.8, 4) is 17.2 Å². The third-order valence-corrected chi connectivity index (χ3v) is 2.49. The maximum atomic E-state index is 5.96. The van der Waals surface area contributed by atoms with Crippen LogP contribution < -0.4 is 9.47 Å². The zero-order valence-corrected chi connectivity index (χ0v) is 10.2. The Kier molecular flexibility index (Phi) is 3.44. The quantitative estimate of drug-likeness (QED) is 0.785. The van der Waals surface area contributed by atoms with E-state index in [2.05, 4.69) is 9.97 Å². The van der Waals surface area contributed by atoms with Crippen molar-refractivity contribution in [2.75, 3.05) is 7.11 Å². The van der Waals surface area contributed by atoms with Crippen molar-refractivity contribution >= 4 is 11.6 Å². The Morgan fingerprint density at radius 2 is 1.82 bits per heavy atom. The van der Waals surface area contributed by atoms with Gasteiger partial charge in [-0.05, 0) is 19.1 Å². The highest BCUT2D eigenvalue weighted by Crippen LogP contribution is 2.34. The summed E-state index contributed by atoms with van der Waals surface area (Å²) in [6.45, 7) is 1.80. The van der Waals surface area contributed by atoms with Gasteiger partial charge in [-0.1, -0.05) is 23.7 Å². The molecule has 17 heavy (non-hydrogen) atoms. The number of ether oxygens (including phenoxy) is 2. The van der Waals surface area contributed by atoms with Crippen LogP contribution in [0.4, 0.5) is 0 Å². The van der Waals surface area contributed by atoms with E-state index in [0.29, 0.717) is 22.9 Å². The second-order valence-electron chi connectivity index (χ2n) is 3.33. The molecule has 0 saturated heterocycles. The molecule has 1 aromatic heterocycles. The van der Waals surface area contributed by atoms with Gasteiger partial charge in [-0.15, -0.1) is 0 Å². The van der Waals surface area contributed by atoms with E-state index in [1.165, 1.54) is 6.33 Å². The summed E-state index contributed by atoms with van der Waals surface area (Å²) in [5, 5.41) is 0.281. The first-order valence-corrected chi connectivity index (χ1v) is 5.38. The Balaban J connectivity index is 2.38. The summed E-state index contributed by atoms with van der Waals surface area (Å²) in [4.78, 5) is 7.91. The summed E-state index contributed by atoms with van der Waals surface area (Å²) in [6.07, 6.45) is 1.40. The van der Waals surface area contributed by atoms with Crippen molar-refractivity contribution in [2.24, 2.45) is 0 Å². The van der Waals surface area contributed by atoms with Gasteiger partial charge in [-0.3, -0.25) is 0 Å². The molecular formula is C12H11ClN2O2. The maximum Gasteiger partial charge on any atom is 0.186 e. The standard InChI is InChI=1S/C12H11ClN2O2/c1-8-11(12(13)15-7-14-8)17-10-6-4-3-5-9(10)16-2/h3-7H,1-2H3. The van der Waals surface area contributed by atoms with Crippen LogP contribution in [0.15, 0.2) is 30.6 Å². The van der Waals surface area contributed by atoms with Crippen LogP contribution >= 0.6 is 11.6 Å². The lowest BCUT2D eigenvalue weighted by Crippen LogP contribution is -1.95. The van der Waals surface area contributed by atoms with E-state index in [1.807, 2.05) is 18.2 Å². The SMILES string of the molecule is COc1ccccc1Oc1c(C)ncnc1Cl. The molecule has 2 aromatic rings. The fraction of sp³-hybridized carbons (Fsp3) is 0.167. The van der Waals surface area contributed by atoms with Gasteiger partial charge >= 0.3 is 0 Å². The average molecular weight is 251 g/mol. The van der Waals surface area contributed by atoms with E-state index in [4.69, 9.17) is 21.1 Å². The van der Waals surface area contributed by atoms with Gasteiger partial charge in [0.25, 0.3) is 0 Å². The summed E-state index contributed by atoms with van der Waals surface area (Å²) in [5.74, 6) is 1.65. The van der Waals surface area contributed by atoms with Crippen LogP contribution in [0.25, 0.3) is 0 Å². The molecule has 0 aliphatic rings. The Morgan fingerprint density at radius 3 is 2.47 bits per heavy atom. The summed E-state index contributed by atoms with van der Waals surface area (Å²) < 4.78 is 10.9. The Bertz CT molecular complexity index is 511. The van der Waals surface area contributed by atoms with Gasteiger partial charge < -0.3 is 9.47 Å². The topological polar surface area (TPSA) is 44.2 Å². The van der Waals surface area contributed by atoms with Crippen LogP contribution in [0.2, 0.25) is 5.15 Å². The molecule has 4 nitrogen and oxygen atoms in total. The molecule has 0 N–H and O–H groups in total. The van der Waals surface area contributed by atoms with Gasteiger partial charge in [0.2, 0.25) is 0 Å². The zero-order chi connectivity index (χ0) is 12.3. The van der Waals surface area contributed by atoms with Gasteiger partial charge in [-0.25, -0.2) is 9.97 Å². The average Bonchev–Trinajstić information content (AvgIpc) is 2.34. The number of methoxy groups -OCH3 is 1. The van der Waals surface area contributed by atoms with Gasteiger partial charge in [0, 0.05) is 0 Å². The van der Waals surface area contributed by atoms with Crippen molar-refractivity contribution in [2.45, 2.75) is 6.92 Å². The monoisotopic (exact) mass is 250 g/mol. The van der Waals surface area contributed by atoms with Crippen LogP contribution in [0.1, 0.15) is 5.69 Å². The zero-order valence-electron chi connectivity index (χ0n) is 9.48. The fourth-order valence-corrected chi connectivity index (χ4v) is 1.58. The summed E-state index contributed by atoms with van der Waals surface area (Å²) in [6, 6.07) is 7.32. The van der Waals surface area contributed by atoms with E-state index in [0.717, 1.165) is 0 Å². The van der Waals surface area contributed by atoms with Crippen LogP contribution in [0.3, 0.4) is 0 Å². The van der Waals surface area contributed by atoms with E-state index >= 15 is 0 Å². The highest BCUT2D eigenvalue weighted by molar-refractivity contribution is 6.30. The van der Waals surface area contributed by atoms with E-state index in [1.54, 1.807) is 20.1 Å². The van der Waals surface area contributed by atoms with Crippen LogP contribution in [-0.2, 0) is 0 Å². The smallest absolute Gasteiger partial charge is 0.186 e. The van der Waals surface area contributed by atoms with Crippen molar-refractivity contribution in [3.05, 3.63) is 41.4 Å². The van der Waals surface area contributed by atoms with Crippen molar-refractivity contribution in [1.82, 2.24) is 9.97 Å². The van der Waals surface area contributed by atoms with Crippen molar-refractivity contribution in [1.29, 1.82) is 0 Å². The molecule has 0 atom stereocenters. The summed E-state index contributed by atoms with van der Waals surface area (Å²) >= 11 is 5.96. The number of rotatable bonds is 3. The van der Waals surface area contributed by atoms with Crippen LogP contribution in [0, 0.1) is 6.92 Å². The van der Waals surface area contributed by atoms with Crippen molar-refractivity contribution < 1.29 is 9.47 Å². The van der Waals surface area contributed by atoms with Gasteiger partial charge in [0.1, 0.15) is 6.33 Å². The minimum absolute atomic E-state index is 0.281. The second kappa shape index (κ2) is 5.01. The number of benzene rings is 1. The first-order chi connectivity index (χ1) is 8.22. The maximum absolute atomic E-state index is 5.96. The molecule has 0 saturated carbocycles. The first-order valence-electron chi connectivity index (χ1n) is 5.00. The predicted octanol–water partition coefficient (Wildman–Crippen LogP) is 3.24. The number of halogens is 1. The van der Waals surface area contributed by atoms with E-state index < -0.39 is 0 Å². The van der Waals surface area contributed by atoms with Crippen LogP contribution in [-0.4, -0.2) is 17.1 Å². The van der Waals surface area contributed by atoms with Crippen LogP contribution in [0.5, 0.6) is 17.2 Å². The number of aryl methyl sites for hydroxylation is 1. The highest BCUT2D eigenvalue weighted by atomic mass is 35.5. The Labute approximate surface area is 104 Å². The van der Waals surface area contributed by atoms with Gasteiger partial charge in [0.15, 0.2) is 22.4 Å². The number of nitrogens with zero attached hydrogens (tertiary/aromatic N) is 2. The predicted molar refractivity (Wildman–Crippen MR) is 64.8 cm³/mol. The molecular weight excluding hydrogens is 240 g/mol. The molecule has 5 heteroatoms. The summed E-state index contributed by atoms with van der Waals surface area (Å²) in [5.41, 5.74) is 0.677. The number of hydrogen-bond acceptors (Lipinski definition) is 4.